The lowest BCUT2D eigenvalue weighted by Gasteiger charge is -2.14. The minimum Gasteiger partial charge on any atom is -0.465 e. The molecule has 2 aromatic carbocycles. The average molecular weight is 440 g/mol. The van der Waals surface area contributed by atoms with Crippen LogP contribution in [0.3, 0.4) is 0 Å². The minimum atomic E-state index is -0.679. The Morgan fingerprint density at radius 3 is 2.48 bits per heavy atom. The first kappa shape index (κ1) is 22.2. The first-order valence-electron chi connectivity index (χ1n) is 9.78. The summed E-state index contributed by atoms with van der Waals surface area (Å²) in [6.45, 7) is 5.21. The standard InChI is InChI=1S/C23H22ClN3O4/c1-4-30-18(28)12-27-21-15(20(26)22(27)23(29)31-5-2)10-13(3)19(16(21)11-25)14-8-6-7-9-17(14)24/h6-10H,4-5,12,26H2,1-3H3. The lowest BCUT2D eigenvalue weighted by molar-refractivity contribution is -0.143. The Labute approximate surface area is 184 Å². The number of nitriles is 1. The zero-order valence-corrected chi connectivity index (χ0v) is 18.2. The molecule has 0 aliphatic rings. The zero-order valence-electron chi connectivity index (χ0n) is 17.5. The Morgan fingerprint density at radius 1 is 1.19 bits per heavy atom. The van der Waals surface area contributed by atoms with Crippen LogP contribution in [0.25, 0.3) is 22.0 Å². The number of aromatic nitrogens is 1. The third-order valence-electron chi connectivity index (χ3n) is 4.90. The van der Waals surface area contributed by atoms with Gasteiger partial charge in [0.15, 0.2) is 5.69 Å². The van der Waals surface area contributed by atoms with Gasteiger partial charge >= 0.3 is 11.9 Å². The number of carbonyl (C=O) groups is 2. The van der Waals surface area contributed by atoms with Crippen molar-refractivity contribution in [3.05, 3.63) is 52.2 Å². The van der Waals surface area contributed by atoms with Crippen LogP contribution < -0.4 is 5.73 Å². The summed E-state index contributed by atoms with van der Waals surface area (Å²) in [4.78, 5) is 25.0. The maximum Gasteiger partial charge on any atom is 0.357 e. The molecule has 7 nitrogen and oxygen atoms in total. The average Bonchev–Trinajstić information content (AvgIpc) is 2.99. The smallest absolute Gasteiger partial charge is 0.357 e. The molecular weight excluding hydrogens is 418 g/mol. The second kappa shape index (κ2) is 9.11. The number of rotatable bonds is 6. The van der Waals surface area contributed by atoms with Gasteiger partial charge in [-0.05, 0) is 38.5 Å². The van der Waals surface area contributed by atoms with Gasteiger partial charge in [0.05, 0.1) is 30.0 Å². The molecule has 1 heterocycles. The Morgan fingerprint density at radius 2 is 1.87 bits per heavy atom. The molecule has 0 bridgehead atoms. The van der Waals surface area contributed by atoms with Gasteiger partial charge in [-0.25, -0.2) is 4.79 Å². The van der Waals surface area contributed by atoms with E-state index in [1.807, 2.05) is 19.1 Å². The van der Waals surface area contributed by atoms with Crippen LogP contribution in [0, 0.1) is 18.3 Å². The summed E-state index contributed by atoms with van der Waals surface area (Å²) in [5, 5.41) is 11.1. The second-order valence-corrected chi connectivity index (χ2v) is 7.21. The van der Waals surface area contributed by atoms with E-state index in [4.69, 9.17) is 26.8 Å². The highest BCUT2D eigenvalue weighted by Crippen LogP contribution is 2.40. The number of nitrogens with zero attached hydrogens (tertiary/aromatic N) is 2. The van der Waals surface area contributed by atoms with Gasteiger partial charge in [-0.2, -0.15) is 5.26 Å². The first-order valence-corrected chi connectivity index (χ1v) is 10.2. The quantitative estimate of drug-likeness (QED) is 0.568. The number of hydrogen-bond donors (Lipinski definition) is 1. The van der Waals surface area contributed by atoms with Gasteiger partial charge in [0.25, 0.3) is 0 Å². The Balaban J connectivity index is 2.44. The van der Waals surface area contributed by atoms with E-state index in [-0.39, 0.29) is 36.7 Å². The second-order valence-electron chi connectivity index (χ2n) is 6.81. The Kier molecular flexibility index (Phi) is 6.52. The normalized spacial score (nSPS) is 10.7. The topological polar surface area (TPSA) is 107 Å². The number of halogens is 1. The van der Waals surface area contributed by atoms with Crippen LogP contribution in [-0.4, -0.2) is 29.7 Å². The molecule has 1 aromatic heterocycles. The lowest BCUT2D eigenvalue weighted by atomic mass is 9.93. The molecule has 3 aromatic rings. The van der Waals surface area contributed by atoms with Gasteiger partial charge in [-0.1, -0.05) is 29.8 Å². The highest BCUT2D eigenvalue weighted by molar-refractivity contribution is 6.33. The van der Waals surface area contributed by atoms with E-state index in [1.165, 1.54) is 4.57 Å². The predicted octanol–water partition coefficient (Wildman–Crippen LogP) is 4.46. The number of nitrogens with two attached hydrogens (primary N) is 1. The third kappa shape index (κ3) is 3.94. The number of ether oxygens (including phenoxy) is 2. The van der Waals surface area contributed by atoms with Crippen molar-refractivity contribution in [2.24, 2.45) is 0 Å². The van der Waals surface area contributed by atoms with Crippen LogP contribution in [0.5, 0.6) is 0 Å². The molecule has 8 heteroatoms. The van der Waals surface area contributed by atoms with Crippen LogP contribution >= 0.6 is 11.6 Å². The molecule has 0 aliphatic heterocycles. The van der Waals surface area contributed by atoms with Crippen LogP contribution in [0.1, 0.15) is 35.5 Å². The van der Waals surface area contributed by atoms with Crippen LogP contribution in [0.15, 0.2) is 30.3 Å². The summed E-state index contributed by atoms with van der Waals surface area (Å²) < 4.78 is 11.6. The molecule has 0 radical (unpaired) electrons. The highest BCUT2D eigenvalue weighted by atomic mass is 35.5. The van der Waals surface area contributed by atoms with Gasteiger partial charge in [0.1, 0.15) is 12.6 Å². The van der Waals surface area contributed by atoms with Crippen molar-refractivity contribution in [1.29, 1.82) is 5.26 Å². The van der Waals surface area contributed by atoms with E-state index in [9.17, 15) is 14.9 Å². The molecular formula is C23H22ClN3O4. The van der Waals surface area contributed by atoms with Crippen molar-refractivity contribution in [2.45, 2.75) is 27.3 Å². The van der Waals surface area contributed by atoms with Gasteiger partial charge < -0.3 is 19.8 Å². The molecule has 0 saturated heterocycles. The van der Waals surface area contributed by atoms with Crippen molar-refractivity contribution in [2.75, 3.05) is 18.9 Å². The van der Waals surface area contributed by atoms with E-state index in [0.717, 1.165) is 5.56 Å². The largest absolute Gasteiger partial charge is 0.465 e. The van der Waals surface area contributed by atoms with E-state index in [0.29, 0.717) is 27.1 Å². The van der Waals surface area contributed by atoms with Crippen molar-refractivity contribution in [3.63, 3.8) is 0 Å². The predicted molar refractivity (Wildman–Crippen MR) is 119 cm³/mol. The lowest BCUT2D eigenvalue weighted by Crippen LogP contribution is -2.20. The number of hydrogen-bond acceptors (Lipinski definition) is 6. The van der Waals surface area contributed by atoms with Crippen LogP contribution in [0.4, 0.5) is 5.69 Å². The summed E-state index contributed by atoms with van der Waals surface area (Å²) in [6.07, 6.45) is 0. The van der Waals surface area contributed by atoms with Gasteiger partial charge in [-0.3, -0.25) is 4.79 Å². The monoisotopic (exact) mass is 439 g/mol. The zero-order chi connectivity index (χ0) is 22.7. The minimum absolute atomic E-state index is 0.0112. The molecule has 31 heavy (non-hydrogen) atoms. The maximum absolute atomic E-state index is 12.7. The fourth-order valence-corrected chi connectivity index (χ4v) is 3.94. The van der Waals surface area contributed by atoms with Crippen LogP contribution in [-0.2, 0) is 20.8 Å². The van der Waals surface area contributed by atoms with Crippen molar-refractivity contribution in [1.82, 2.24) is 4.57 Å². The van der Waals surface area contributed by atoms with E-state index in [2.05, 4.69) is 6.07 Å². The number of carbonyl (C=O) groups excluding carboxylic acids is 2. The molecule has 0 aliphatic carbocycles. The molecule has 0 spiro atoms. The molecule has 3 rings (SSSR count). The van der Waals surface area contributed by atoms with Gasteiger partial charge in [-0.15, -0.1) is 0 Å². The Bertz CT molecular complexity index is 1220. The number of aryl methyl sites for hydroxylation is 1. The van der Waals surface area contributed by atoms with E-state index >= 15 is 0 Å². The summed E-state index contributed by atoms with van der Waals surface area (Å²) in [7, 11) is 0. The van der Waals surface area contributed by atoms with E-state index < -0.39 is 11.9 Å². The molecule has 0 atom stereocenters. The fourth-order valence-electron chi connectivity index (χ4n) is 3.71. The van der Waals surface area contributed by atoms with E-state index in [1.54, 1.807) is 32.0 Å². The molecule has 0 fully saturated rings. The Hall–Kier alpha value is -3.50. The summed E-state index contributed by atoms with van der Waals surface area (Å²) >= 11 is 6.42. The highest BCUT2D eigenvalue weighted by Gasteiger charge is 2.28. The van der Waals surface area contributed by atoms with Gasteiger partial charge in [0.2, 0.25) is 0 Å². The maximum atomic E-state index is 12.7. The number of anilines is 1. The van der Waals surface area contributed by atoms with Crippen LogP contribution in [0.2, 0.25) is 5.02 Å². The van der Waals surface area contributed by atoms with Gasteiger partial charge in [0, 0.05) is 21.5 Å². The molecule has 0 saturated carbocycles. The molecule has 0 amide bonds. The summed E-state index contributed by atoms with van der Waals surface area (Å²) in [6, 6.07) is 11.2. The SMILES string of the molecule is CCOC(=O)Cn1c(C(=O)OCC)c(N)c2cc(C)c(-c3ccccc3Cl)c(C#N)c21. The first-order chi connectivity index (χ1) is 14.8. The van der Waals surface area contributed by atoms with Crippen molar-refractivity contribution in [3.8, 4) is 17.2 Å². The molecule has 0 unspecified atom stereocenters. The van der Waals surface area contributed by atoms with Crippen molar-refractivity contribution >= 4 is 40.1 Å². The summed E-state index contributed by atoms with van der Waals surface area (Å²) in [5.74, 6) is -1.24. The summed E-state index contributed by atoms with van der Waals surface area (Å²) in [5.41, 5.74) is 9.13. The van der Waals surface area contributed by atoms with Crippen molar-refractivity contribution < 1.29 is 19.1 Å². The third-order valence-corrected chi connectivity index (χ3v) is 5.23. The number of benzene rings is 2. The number of fused-ring (bicyclic) bond motifs is 1. The molecule has 2 N–H and O–H groups in total. The number of nitrogen functional groups attached to an aromatic ring is 1. The molecule has 160 valence electrons. The number of esters is 2. The fraction of sp³-hybridized carbons (Fsp3) is 0.261.